The molecule has 0 unspecified atom stereocenters. The number of fused-ring (bicyclic) bond motifs is 1. The number of benzene rings is 1. The van der Waals surface area contributed by atoms with E-state index in [4.69, 9.17) is 5.11 Å². The first-order valence-electron chi connectivity index (χ1n) is 7.55. The van der Waals surface area contributed by atoms with Gasteiger partial charge in [0.05, 0.1) is 17.7 Å². The van der Waals surface area contributed by atoms with Crippen molar-refractivity contribution >= 4 is 17.5 Å². The minimum absolute atomic E-state index is 0.127. The molecule has 3 aromatic rings. The van der Waals surface area contributed by atoms with Crippen LogP contribution in [0.25, 0.3) is 5.65 Å². The van der Waals surface area contributed by atoms with Gasteiger partial charge in [-0.2, -0.15) is 0 Å². The van der Waals surface area contributed by atoms with Gasteiger partial charge in [0.15, 0.2) is 0 Å². The van der Waals surface area contributed by atoms with Gasteiger partial charge in [-0.3, -0.25) is 4.79 Å². The number of imidazole rings is 1. The molecule has 2 aromatic heterocycles. The number of carboxylic acids is 1. The molecule has 6 heteroatoms. The van der Waals surface area contributed by atoms with Crippen molar-refractivity contribution in [3.63, 3.8) is 0 Å². The molecule has 1 amide bonds. The summed E-state index contributed by atoms with van der Waals surface area (Å²) in [7, 11) is 0. The molecule has 0 aliphatic carbocycles. The molecule has 1 aromatic carbocycles. The number of aromatic carboxylic acids is 1. The zero-order chi connectivity index (χ0) is 17.1. The van der Waals surface area contributed by atoms with E-state index in [1.807, 2.05) is 35.7 Å². The van der Waals surface area contributed by atoms with Gasteiger partial charge in [-0.1, -0.05) is 18.2 Å². The van der Waals surface area contributed by atoms with Crippen LogP contribution in [0.3, 0.4) is 0 Å². The Morgan fingerprint density at radius 1 is 1.17 bits per heavy atom. The molecule has 0 radical (unpaired) electrons. The average Bonchev–Trinajstić information content (AvgIpc) is 2.97. The molecule has 0 saturated carbocycles. The summed E-state index contributed by atoms with van der Waals surface area (Å²) < 4.78 is 1.95. The second-order valence-electron chi connectivity index (χ2n) is 5.58. The Morgan fingerprint density at radius 2 is 1.92 bits per heavy atom. The van der Waals surface area contributed by atoms with Gasteiger partial charge >= 0.3 is 5.97 Å². The number of aromatic nitrogens is 2. The standard InChI is InChI=1S/C18H17N3O3/c1-12-3-2-4-16-20-15(11-21(12)16)9-17(22)19-10-13-5-7-14(8-6-13)18(23)24/h2-8,11H,9-10H2,1H3,(H,19,22)(H,23,24). The largest absolute Gasteiger partial charge is 0.478 e. The fourth-order valence-electron chi connectivity index (χ4n) is 2.48. The molecule has 122 valence electrons. The molecular weight excluding hydrogens is 306 g/mol. The minimum Gasteiger partial charge on any atom is -0.478 e. The van der Waals surface area contributed by atoms with Crippen LogP contribution in [0.4, 0.5) is 0 Å². The highest BCUT2D eigenvalue weighted by molar-refractivity contribution is 5.87. The first-order chi connectivity index (χ1) is 11.5. The Hall–Kier alpha value is -3.15. The van der Waals surface area contributed by atoms with E-state index in [-0.39, 0.29) is 17.9 Å². The lowest BCUT2D eigenvalue weighted by Crippen LogP contribution is -2.24. The van der Waals surface area contributed by atoms with Crippen molar-refractivity contribution in [1.29, 1.82) is 0 Å². The third kappa shape index (κ3) is 3.43. The number of nitrogens with one attached hydrogen (secondary N) is 1. The van der Waals surface area contributed by atoms with E-state index >= 15 is 0 Å². The predicted molar refractivity (Wildman–Crippen MR) is 88.9 cm³/mol. The summed E-state index contributed by atoms with van der Waals surface area (Å²) in [5, 5.41) is 11.7. The summed E-state index contributed by atoms with van der Waals surface area (Å²) in [5.41, 5.74) is 3.67. The number of carboxylic acid groups (broad SMARTS) is 1. The van der Waals surface area contributed by atoms with Crippen LogP contribution < -0.4 is 5.32 Å². The van der Waals surface area contributed by atoms with Gasteiger partial charge in [0.1, 0.15) is 5.65 Å². The number of aryl methyl sites for hydroxylation is 1. The summed E-state index contributed by atoms with van der Waals surface area (Å²) in [6, 6.07) is 12.2. The maximum absolute atomic E-state index is 12.1. The third-order valence-electron chi connectivity index (χ3n) is 3.78. The summed E-state index contributed by atoms with van der Waals surface area (Å²) >= 11 is 0. The topological polar surface area (TPSA) is 83.7 Å². The van der Waals surface area contributed by atoms with Gasteiger partial charge < -0.3 is 14.8 Å². The number of rotatable bonds is 5. The normalized spacial score (nSPS) is 10.7. The fraction of sp³-hybridized carbons (Fsp3) is 0.167. The molecule has 0 bridgehead atoms. The van der Waals surface area contributed by atoms with Crippen molar-refractivity contribution in [2.75, 3.05) is 0 Å². The Morgan fingerprint density at radius 3 is 2.58 bits per heavy atom. The van der Waals surface area contributed by atoms with Crippen LogP contribution in [-0.4, -0.2) is 26.4 Å². The van der Waals surface area contributed by atoms with Crippen LogP contribution in [0, 0.1) is 6.92 Å². The van der Waals surface area contributed by atoms with Gasteiger partial charge in [0, 0.05) is 18.4 Å². The van der Waals surface area contributed by atoms with Gasteiger partial charge in [0.25, 0.3) is 0 Å². The molecule has 0 aliphatic heterocycles. The number of hydrogen-bond donors (Lipinski definition) is 2. The molecule has 2 heterocycles. The highest BCUT2D eigenvalue weighted by Crippen LogP contribution is 2.09. The highest BCUT2D eigenvalue weighted by atomic mass is 16.4. The van der Waals surface area contributed by atoms with Crippen molar-refractivity contribution in [3.8, 4) is 0 Å². The summed E-state index contributed by atoms with van der Waals surface area (Å²) in [5.74, 6) is -1.09. The molecule has 0 aliphatic rings. The number of amides is 1. The first kappa shape index (κ1) is 15.7. The van der Waals surface area contributed by atoms with Crippen LogP contribution in [0.2, 0.25) is 0 Å². The second-order valence-corrected chi connectivity index (χ2v) is 5.58. The monoisotopic (exact) mass is 323 g/mol. The van der Waals surface area contributed by atoms with E-state index < -0.39 is 5.97 Å². The van der Waals surface area contributed by atoms with Crippen molar-refractivity contribution < 1.29 is 14.7 Å². The quantitative estimate of drug-likeness (QED) is 0.754. The maximum Gasteiger partial charge on any atom is 0.335 e. The van der Waals surface area contributed by atoms with Gasteiger partial charge in [-0.15, -0.1) is 0 Å². The average molecular weight is 323 g/mol. The Bertz CT molecular complexity index is 898. The molecule has 0 fully saturated rings. The Balaban J connectivity index is 1.60. The summed E-state index contributed by atoms with van der Waals surface area (Å²) in [6.07, 6.45) is 2.07. The van der Waals surface area contributed by atoms with Crippen LogP contribution in [0.1, 0.15) is 27.3 Å². The number of hydrogen-bond acceptors (Lipinski definition) is 3. The number of nitrogens with zero attached hydrogens (tertiary/aromatic N) is 2. The molecule has 0 saturated heterocycles. The van der Waals surface area contributed by atoms with Crippen LogP contribution in [-0.2, 0) is 17.8 Å². The summed E-state index contributed by atoms with van der Waals surface area (Å²) in [4.78, 5) is 27.3. The molecule has 0 atom stereocenters. The van der Waals surface area contributed by atoms with Crippen molar-refractivity contribution in [1.82, 2.24) is 14.7 Å². The van der Waals surface area contributed by atoms with Gasteiger partial charge in [-0.25, -0.2) is 9.78 Å². The predicted octanol–water partition coefficient (Wildman–Crippen LogP) is 2.20. The lowest BCUT2D eigenvalue weighted by atomic mass is 10.1. The smallest absolute Gasteiger partial charge is 0.335 e. The highest BCUT2D eigenvalue weighted by Gasteiger charge is 2.09. The van der Waals surface area contributed by atoms with E-state index in [1.165, 1.54) is 12.1 Å². The van der Waals surface area contributed by atoms with Crippen molar-refractivity contribution in [2.45, 2.75) is 19.9 Å². The lowest BCUT2D eigenvalue weighted by Gasteiger charge is -2.04. The van der Waals surface area contributed by atoms with Crippen molar-refractivity contribution in [2.24, 2.45) is 0 Å². The molecule has 24 heavy (non-hydrogen) atoms. The van der Waals surface area contributed by atoms with E-state index in [0.717, 1.165) is 16.9 Å². The third-order valence-corrected chi connectivity index (χ3v) is 3.78. The molecular formula is C18H17N3O3. The Kier molecular flexibility index (Phi) is 4.29. The van der Waals surface area contributed by atoms with Crippen LogP contribution >= 0.6 is 0 Å². The number of carbonyl (C=O) groups excluding carboxylic acids is 1. The molecule has 0 spiro atoms. The maximum atomic E-state index is 12.1. The zero-order valence-corrected chi connectivity index (χ0v) is 13.2. The molecule has 3 rings (SSSR count). The SMILES string of the molecule is Cc1cccc2nc(CC(=O)NCc3ccc(C(=O)O)cc3)cn12. The number of pyridine rings is 1. The zero-order valence-electron chi connectivity index (χ0n) is 13.2. The summed E-state index contributed by atoms with van der Waals surface area (Å²) in [6.45, 7) is 2.34. The fourth-order valence-corrected chi connectivity index (χ4v) is 2.48. The van der Waals surface area contributed by atoms with Gasteiger partial charge in [0.2, 0.25) is 5.91 Å². The van der Waals surface area contributed by atoms with Crippen LogP contribution in [0.5, 0.6) is 0 Å². The first-order valence-corrected chi connectivity index (χ1v) is 7.55. The second kappa shape index (κ2) is 6.54. The van der Waals surface area contributed by atoms with Crippen molar-refractivity contribution in [3.05, 3.63) is 71.2 Å². The van der Waals surface area contributed by atoms with E-state index in [2.05, 4.69) is 10.3 Å². The molecule has 2 N–H and O–H groups in total. The van der Waals surface area contributed by atoms with E-state index in [1.54, 1.807) is 12.1 Å². The minimum atomic E-state index is -0.965. The molecule has 6 nitrogen and oxygen atoms in total. The number of carbonyl (C=O) groups is 2. The van der Waals surface area contributed by atoms with Crippen LogP contribution in [0.15, 0.2) is 48.7 Å². The van der Waals surface area contributed by atoms with E-state index in [9.17, 15) is 9.59 Å². The van der Waals surface area contributed by atoms with E-state index in [0.29, 0.717) is 12.2 Å². The lowest BCUT2D eigenvalue weighted by molar-refractivity contribution is -0.120. The Labute approximate surface area is 138 Å². The van der Waals surface area contributed by atoms with Gasteiger partial charge in [-0.05, 0) is 36.8 Å².